The van der Waals surface area contributed by atoms with E-state index in [4.69, 9.17) is 10.5 Å². The van der Waals surface area contributed by atoms with E-state index in [0.29, 0.717) is 0 Å². The topological polar surface area (TPSA) is 35.2 Å². The monoisotopic (exact) mass is 247 g/mol. The number of hydrogen-bond acceptors (Lipinski definition) is 3. The van der Waals surface area contributed by atoms with E-state index in [1.54, 1.807) is 11.3 Å². The molecule has 1 heterocycles. The summed E-state index contributed by atoms with van der Waals surface area (Å²) >= 11 is 1.67. The molecule has 0 spiro atoms. The molecule has 1 aromatic carbocycles. The summed E-state index contributed by atoms with van der Waals surface area (Å²) in [5, 5.41) is 4.13. The van der Waals surface area contributed by atoms with E-state index in [9.17, 15) is 0 Å². The zero-order chi connectivity index (χ0) is 12.3. The van der Waals surface area contributed by atoms with Gasteiger partial charge >= 0.3 is 0 Å². The van der Waals surface area contributed by atoms with E-state index in [1.807, 2.05) is 43.5 Å². The van der Waals surface area contributed by atoms with Crippen LogP contribution in [0.2, 0.25) is 0 Å². The second kappa shape index (κ2) is 5.34. The highest BCUT2D eigenvalue weighted by atomic mass is 32.1. The van der Waals surface area contributed by atoms with Crippen molar-refractivity contribution in [2.24, 2.45) is 5.73 Å². The molecule has 2 nitrogen and oxygen atoms in total. The molecule has 0 fully saturated rings. The fourth-order valence-electron chi connectivity index (χ4n) is 1.70. The Kier molecular flexibility index (Phi) is 3.82. The van der Waals surface area contributed by atoms with E-state index in [0.717, 1.165) is 16.9 Å². The van der Waals surface area contributed by atoms with Gasteiger partial charge in [0, 0.05) is 0 Å². The van der Waals surface area contributed by atoms with Crippen molar-refractivity contribution in [1.82, 2.24) is 0 Å². The molecule has 3 heteroatoms. The van der Waals surface area contributed by atoms with E-state index in [-0.39, 0.29) is 12.1 Å². The van der Waals surface area contributed by atoms with Gasteiger partial charge in [0.05, 0.1) is 12.1 Å². The minimum atomic E-state index is -0.0723. The number of nitrogens with two attached hydrogens (primary N) is 1. The highest BCUT2D eigenvalue weighted by Crippen LogP contribution is 2.25. The highest BCUT2D eigenvalue weighted by molar-refractivity contribution is 7.08. The Morgan fingerprint density at radius 3 is 2.65 bits per heavy atom. The van der Waals surface area contributed by atoms with Crippen molar-refractivity contribution >= 4 is 11.3 Å². The lowest BCUT2D eigenvalue weighted by Gasteiger charge is -2.14. The lowest BCUT2D eigenvalue weighted by atomic mass is 10.0. The second-order valence-electron chi connectivity index (χ2n) is 4.27. The maximum Gasteiger partial charge on any atom is 0.120 e. The molecule has 17 heavy (non-hydrogen) atoms. The molecule has 1 atom stereocenters. The number of rotatable bonds is 4. The number of thiophene rings is 1. The number of benzene rings is 1. The Morgan fingerprint density at radius 2 is 2.00 bits per heavy atom. The average Bonchev–Trinajstić information content (AvgIpc) is 2.81. The zero-order valence-corrected chi connectivity index (χ0v) is 10.9. The SMILES string of the molecule is CC(C)Oc1cccc(C(N)c2ccsc2)c1. The van der Waals surface area contributed by atoms with Crippen LogP contribution in [0, 0.1) is 0 Å². The van der Waals surface area contributed by atoms with Crippen molar-refractivity contribution in [2.45, 2.75) is 26.0 Å². The highest BCUT2D eigenvalue weighted by Gasteiger charge is 2.10. The molecular formula is C14H17NOS. The van der Waals surface area contributed by atoms with Crippen LogP contribution in [0.15, 0.2) is 41.1 Å². The van der Waals surface area contributed by atoms with E-state index in [1.165, 1.54) is 0 Å². The van der Waals surface area contributed by atoms with Crippen molar-refractivity contribution in [2.75, 3.05) is 0 Å². The number of hydrogen-bond donors (Lipinski definition) is 1. The molecule has 0 aliphatic carbocycles. The summed E-state index contributed by atoms with van der Waals surface area (Å²) in [6, 6.07) is 9.99. The molecule has 0 bridgehead atoms. The van der Waals surface area contributed by atoms with Crippen LogP contribution < -0.4 is 10.5 Å². The van der Waals surface area contributed by atoms with Crippen molar-refractivity contribution < 1.29 is 4.74 Å². The third-order valence-corrected chi connectivity index (χ3v) is 3.19. The van der Waals surface area contributed by atoms with Gasteiger partial charge in [-0.3, -0.25) is 0 Å². The van der Waals surface area contributed by atoms with Gasteiger partial charge in [0.25, 0.3) is 0 Å². The summed E-state index contributed by atoms with van der Waals surface area (Å²) in [4.78, 5) is 0. The Bertz CT molecular complexity index is 465. The summed E-state index contributed by atoms with van der Waals surface area (Å²) in [5.74, 6) is 0.878. The molecule has 0 saturated heterocycles. The molecule has 1 unspecified atom stereocenters. The molecule has 90 valence electrons. The number of ether oxygens (including phenoxy) is 1. The molecule has 0 amide bonds. The third-order valence-electron chi connectivity index (χ3n) is 2.49. The van der Waals surface area contributed by atoms with Gasteiger partial charge in [0.2, 0.25) is 0 Å². The van der Waals surface area contributed by atoms with Gasteiger partial charge < -0.3 is 10.5 Å². The Hall–Kier alpha value is -1.32. The lowest BCUT2D eigenvalue weighted by molar-refractivity contribution is 0.242. The largest absolute Gasteiger partial charge is 0.491 e. The van der Waals surface area contributed by atoms with E-state index < -0.39 is 0 Å². The third kappa shape index (κ3) is 3.08. The Balaban J connectivity index is 2.21. The molecule has 0 saturated carbocycles. The van der Waals surface area contributed by atoms with Crippen LogP contribution in [0.4, 0.5) is 0 Å². The van der Waals surface area contributed by atoms with Gasteiger partial charge in [-0.1, -0.05) is 12.1 Å². The normalized spacial score (nSPS) is 12.7. The molecule has 2 aromatic rings. The van der Waals surface area contributed by atoms with Crippen LogP contribution in [0.25, 0.3) is 0 Å². The van der Waals surface area contributed by atoms with Gasteiger partial charge in [-0.05, 0) is 53.9 Å². The van der Waals surface area contributed by atoms with Gasteiger partial charge in [-0.15, -0.1) is 0 Å². The predicted molar refractivity (Wildman–Crippen MR) is 72.6 cm³/mol. The van der Waals surface area contributed by atoms with Gasteiger partial charge in [0.1, 0.15) is 5.75 Å². The quantitative estimate of drug-likeness (QED) is 0.896. The molecule has 2 rings (SSSR count). The Morgan fingerprint density at radius 1 is 1.18 bits per heavy atom. The van der Waals surface area contributed by atoms with Gasteiger partial charge in [-0.2, -0.15) is 11.3 Å². The van der Waals surface area contributed by atoms with Crippen LogP contribution in [-0.2, 0) is 0 Å². The van der Waals surface area contributed by atoms with Crippen LogP contribution >= 0.6 is 11.3 Å². The van der Waals surface area contributed by atoms with Gasteiger partial charge in [0.15, 0.2) is 0 Å². The summed E-state index contributed by atoms with van der Waals surface area (Å²) in [7, 11) is 0. The first-order valence-corrected chi connectivity index (χ1v) is 6.65. The van der Waals surface area contributed by atoms with Crippen molar-refractivity contribution in [3.05, 3.63) is 52.2 Å². The molecule has 0 aliphatic rings. The first-order chi connectivity index (χ1) is 8.16. The maximum absolute atomic E-state index is 6.21. The molecule has 0 radical (unpaired) electrons. The first kappa shape index (κ1) is 12.1. The summed E-state index contributed by atoms with van der Waals surface area (Å²) in [5.41, 5.74) is 8.45. The smallest absolute Gasteiger partial charge is 0.120 e. The van der Waals surface area contributed by atoms with Gasteiger partial charge in [-0.25, -0.2) is 0 Å². The summed E-state index contributed by atoms with van der Waals surface area (Å²) < 4.78 is 5.67. The average molecular weight is 247 g/mol. The molecular weight excluding hydrogens is 230 g/mol. The van der Waals surface area contributed by atoms with Crippen LogP contribution in [0.5, 0.6) is 5.75 Å². The fraction of sp³-hybridized carbons (Fsp3) is 0.286. The minimum Gasteiger partial charge on any atom is -0.491 e. The van der Waals surface area contributed by atoms with Crippen molar-refractivity contribution in [3.63, 3.8) is 0 Å². The Labute approximate surface area is 106 Å². The molecule has 2 N–H and O–H groups in total. The second-order valence-corrected chi connectivity index (χ2v) is 5.05. The maximum atomic E-state index is 6.21. The van der Waals surface area contributed by atoms with Crippen LogP contribution in [0.3, 0.4) is 0 Å². The van der Waals surface area contributed by atoms with Crippen molar-refractivity contribution in [1.29, 1.82) is 0 Å². The fourth-order valence-corrected chi connectivity index (χ4v) is 2.39. The van der Waals surface area contributed by atoms with Crippen LogP contribution in [0.1, 0.15) is 31.0 Å². The van der Waals surface area contributed by atoms with E-state index >= 15 is 0 Å². The first-order valence-electron chi connectivity index (χ1n) is 5.71. The zero-order valence-electron chi connectivity index (χ0n) is 10.1. The standard InChI is InChI=1S/C14H17NOS/c1-10(2)16-13-5-3-4-11(8-13)14(15)12-6-7-17-9-12/h3-10,14H,15H2,1-2H3. The van der Waals surface area contributed by atoms with Crippen LogP contribution in [-0.4, -0.2) is 6.10 Å². The van der Waals surface area contributed by atoms with E-state index in [2.05, 4.69) is 11.4 Å². The summed E-state index contributed by atoms with van der Waals surface area (Å²) in [6.07, 6.45) is 0.183. The molecule has 0 aliphatic heterocycles. The minimum absolute atomic E-state index is 0.0723. The van der Waals surface area contributed by atoms with Crippen molar-refractivity contribution in [3.8, 4) is 5.75 Å². The summed E-state index contributed by atoms with van der Waals surface area (Å²) in [6.45, 7) is 4.04. The predicted octanol–water partition coefficient (Wildman–Crippen LogP) is 3.58. The lowest BCUT2D eigenvalue weighted by Crippen LogP contribution is -2.11. The molecule has 1 aromatic heterocycles.